The Balaban J connectivity index is 1.24. The third kappa shape index (κ3) is 4.38. The van der Waals surface area contributed by atoms with Crippen LogP contribution >= 0.6 is 22.9 Å². The van der Waals surface area contributed by atoms with Gasteiger partial charge >= 0.3 is 0 Å². The molecule has 0 unspecified atom stereocenters. The van der Waals surface area contributed by atoms with E-state index in [1.807, 2.05) is 0 Å². The Labute approximate surface area is 214 Å². The molecule has 0 saturated carbocycles. The molecular formula is C24H19ClN4O6S. The van der Waals surface area contributed by atoms with Gasteiger partial charge in [0, 0.05) is 26.2 Å². The van der Waals surface area contributed by atoms with E-state index in [4.69, 9.17) is 16.0 Å². The maximum absolute atomic E-state index is 13.1. The van der Waals surface area contributed by atoms with Gasteiger partial charge in [0.05, 0.1) is 32.3 Å². The van der Waals surface area contributed by atoms with E-state index in [2.05, 4.69) is 5.32 Å². The highest BCUT2D eigenvalue weighted by atomic mass is 35.5. The van der Waals surface area contributed by atoms with E-state index < -0.39 is 30.2 Å². The van der Waals surface area contributed by atoms with E-state index in [1.165, 1.54) is 23.3 Å². The van der Waals surface area contributed by atoms with Gasteiger partial charge in [-0.15, -0.1) is 11.3 Å². The number of carbonyl (C=O) groups is 5. The zero-order chi connectivity index (χ0) is 25.4. The fraction of sp³-hybridized carbons (Fsp3) is 0.208. The third-order valence-corrected chi connectivity index (χ3v) is 7.22. The first-order valence-electron chi connectivity index (χ1n) is 11.0. The van der Waals surface area contributed by atoms with E-state index in [1.54, 1.807) is 35.2 Å². The lowest BCUT2D eigenvalue weighted by atomic mass is 10.1. The molecule has 1 N–H and O–H groups in total. The number of hydrogen-bond acceptors (Lipinski definition) is 7. The van der Waals surface area contributed by atoms with Crippen LogP contribution in [0.5, 0.6) is 0 Å². The Kier molecular flexibility index (Phi) is 6.33. The minimum atomic E-state index is -0.657. The Morgan fingerprint density at radius 3 is 2.36 bits per heavy atom. The van der Waals surface area contributed by atoms with Gasteiger partial charge in [0.2, 0.25) is 5.91 Å². The normalized spacial score (nSPS) is 15.3. The number of anilines is 1. The molecule has 1 saturated heterocycles. The van der Waals surface area contributed by atoms with Gasteiger partial charge in [0.25, 0.3) is 23.6 Å². The highest BCUT2D eigenvalue weighted by Crippen LogP contribution is 2.30. The Morgan fingerprint density at radius 2 is 1.69 bits per heavy atom. The van der Waals surface area contributed by atoms with Crippen LogP contribution in [0.25, 0.3) is 0 Å². The molecule has 2 aliphatic rings. The molecule has 0 atom stereocenters. The number of rotatable bonds is 5. The van der Waals surface area contributed by atoms with E-state index >= 15 is 0 Å². The Bertz CT molecular complexity index is 1380. The van der Waals surface area contributed by atoms with Crippen molar-refractivity contribution in [3.63, 3.8) is 0 Å². The molecule has 0 aliphatic carbocycles. The van der Waals surface area contributed by atoms with Crippen LogP contribution in [0.2, 0.25) is 4.34 Å². The molecule has 12 heteroatoms. The quantitative estimate of drug-likeness (QED) is 0.510. The zero-order valence-electron chi connectivity index (χ0n) is 18.7. The number of nitrogens with one attached hydrogen (secondary N) is 1. The second kappa shape index (κ2) is 9.59. The van der Waals surface area contributed by atoms with Crippen LogP contribution < -0.4 is 5.32 Å². The maximum atomic E-state index is 13.1. The van der Waals surface area contributed by atoms with Crippen LogP contribution in [0.4, 0.5) is 5.69 Å². The van der Waals surface area contributed by atoms with Crippen molar-refractivity contribution in [3.8, 4) is 0 Å². The summed E-state index contributed by atoms with van der Waals surface area (Å²) >= 11 is 6.98. The number of hydrogen-bond donors (Lipinski definition) is 1. The first-order chi connectivity index (χ1) is 17.3. The van der Waals surface area contributed by atoms with Crippen molar-refractivity contribution < 1.29 is 28.4 Å². The number of halogens is 1. The second-order valence-corrected chi connectivity index (χ2v) is 9.85. The number of benzene rings is 1. The summed E-state index contributed by atoms with van der Waals surface area (Å²) in [6, 6.07) is 10.9. The average molecular weight is 527 g/mol. The summed E-state index contributed by atoms with van der Waals surface area (Å²) in [6.07, 6.45) is 1.42. The van der Waals surface area contributed by atoms with Gasteiger partial charge in [-0.2, -0.15) is 0 Å². The zero-order valence-corrected chi connectivity index (χ0v) is 20.3. The predicted molar refractivity (Wildman–Crippen MR) is 130 cm³/mol. The maximum Gasteiger partial charge on any atom is 0.289 e. The average Bonchev–Trinajstić information content (AvgIpc) is 3.62. The molecule has 0 spiro atoms. The third-order valence-electron chi connectivity index (χ3n) is 5.99. The summed E-state index contributed by atoms with van der Waals surface area (Å²) < 4.78 is 5.59. The van der Waals surface area contributed by atoms with Crippen molar-refractivity contribution in [2.45, 2.75) is 0 Å². The van der Waals surface area contributed by atoms with Crippen LogP contribution in [-0.4, -0.2) is 77.0 Å². The molecule has 5 rings (SSSR count). The molecular weight excluding hydrogens is 508 g/mol. The van der Waals surface area contributed by atoms with Crippen molar-refractivity contribution in [1.82, 2.24) is 14.7 Å². The summed E-state index contributed by atoms with van der Waals surface area (Å²) in [7, 11) is 0. The van der Waals surface area contributed by atoms with Crippen LogP contribution in [0.1, 0.15) is 40.9 Å². The Morgan fingerprint density at radius 1 is 0.944 bits per heavy atom. The molecule has 2 aromatic heterocycles. The number of furan rings is 1. The smallest absolute Gasteiger partial charge is 0.289 e. The van der Waals surface area contributed by atoms with Crippen molar-refractivity contribution in [2.24, 2.45) is 0 Å². The van der Waals surface area contributed by atoms with Gasteiger partial charge in [0.1, 0.15) is 6.54 Å². The van der Waals surface area contributed by atoms with Crippen molar-refractivity contribution in [3.05, 3.63) is 74.8 Å². The lowest BCUT2D eigenvalue weighted by Crippen LogP contribution is -2.53. The topological polar surface area (TPSA) is 120 Å². The lowest BCUT2D eigenvalue weighted by Gasteiger charge is -2.34. The number of nitrogens with zero attached hydrogens (tertiary/aromatic N) is 3. The van der Waals surface area contributed by atoms with Crippen molar-refractivity contribution in [2.75, 3.05) is 38.0 Å². The molecule has 0 radical (unpaired) electrons. The molecule has 0 bridgehead atoms. The van der Waals surface area contributed by atoms with Gasteiger partial charge in [-0.05, 0) is 36.4 Å². The molecule has 4 heterocycles. The molecule has 1 aromatic carbocycles. The summed E-state index contributed by atoms with van der Waals surface area (Å²) in [5.74, 6) is -2.16. The van der Waals surface area contributed by atoms with Gasteiger partial charge in [-0.1, -0.05) is 17.7 Å². The molecule has 1 fully saturated rings. The molecule has 5 amide bonds. The van der Waals surface area contributed by atoms with Gasteiger partial charge in [-0.25, -0.2) is 0 Å². The van der Waals surface area contributed by atoms with E-state index in [0.717, 1.165) is 16.2 Å². The first kappa shape index (κ1) is 23.8. The highest BCUT2D eigenvalue weighted by Gasteiger charge is 2.40. The molecule has 36 heavy (non-hydrogen) atoms. The molecule has 2 aliphatic heterocycles. The van der Waals surface area contributed by atoms with Gasteiger partial charge in [0.15, 0.2) is 5.76 Å². The van der Waals surface area contributed by atoms with Gasteiger partial charge < -0.3 is 19.5 Å². The van der Waals surface area contributed by atoms with Crippen molar-refractivity contribution in [1.29, 1.82) is 0 Å². The number of carbonyl (C=O) groups excluding carboxylic acids is 5. The summed E-state index contributed by atoms with van der Waals surface area (Å²) in [4.78, 5) is 68.3. The second-order valence-electron chi connectivity index (χ2n) is 8.13. The molecule has 184 valence electrons. The van der Waals surface area contributed by atoms with E-state index in [-0.39, 0.29) is 41.6 Å². The lowest BCUT2D eigenvalue weighted by molar-refractivity contribution is -0.132. The van der Waals surface area contributed by atoms with Crippen molar-refractivity contribution >= 4 is 58.2 Å². The van der Waals surface area contributed by atoms with Crippen LogP contribution in [0.3, 0.4) is 0 Å². The van der Waals surface area contributed by atoms with E-state index in [0.29, 0.717) is 22.3 Å². The highest BCUT2D eigenvalue weighted by molar-refractivity contribution is 7.18. The number of imide groups is 1. The SMILES string of the molecule is O=C(Nc1cccc2c1C(=O)N(CC(=O)N1CCN(C(=O)c3ccco3)CC1)C2=O)c1ccc(Cl)s1. The number of thiophene rings is 1. The standard InChI is InChI=1S/C24H19ClN4O6S/c25-18-7-6-17(36-18)21(31)26-15-4-1-3-14-20(15)24(34)29(22(14)32)13-19(30)27-8-10-28(11-9-27)23(33)16-5-2-12-35-16/h1-7,12H,8-11,13H2,(H,26,31). The van der Waals surface area contributed by atoms with E-state index in [9.17, 15) is 24.0 Å². The van der Waals surface area contributed by atoms with Crippen LogP contribution in [0.15, 0.2) is 53.1 Å². The number of piperazine rings is 1. The number of fused-ring (bicyclic) bond motifs is 1. The summed E-state index contributed by atoms with van der Waals surface area (Å²) in [6.45, 7) is 0.692. The fourth-order valence-electron chi connectivity index (χ4n) is 4.15. The minimum Gasteiger partial charge on any atom is -0.459 e. The van der Waals surface area contributed by atoms with Gasteiger partial charge in [-0.3, -0.25) is 28.9 Å². The first-order valence-corrected chi connectivity index (χ1v) is 12.2. The fourth-order valence-corrected chi connectivity index (χ4v) is 5.09. The predicted octanol–water partition coefficient (Wildman–Crippen LogP) is 2.83. The summed E-state index contributed by atoms with van der Waals surface area (Å²) in [5, 5.41) is 2.66. The summed E-state index contributed by atoms with van der Waals surface area (Å²) in [5.41, 5.74) is 0.337. The number of amides is 5. The monoisotopic (exact) mass is 526 g/mol. The Hall–Kier alpha value is -3.96. The molecule has 10 nitrogen and oxygen atoms in total. The van der Waals surface area contributed by atoms with Crippen LogP contribution in [-0.2, 0) is 4.79 Å². The minimum absolute atomic E-state index is 0.0418. The molecule has 3 aromatic rings. The largest absolute Gasteiger partial charge is 0.459 e. The van der Waals surface area contributed by atoms with Crippen LogP contribution in [0, 0.1) is 0 Å².